The van der Waals surface area contributed by atoms with Crippen LogP contribution in [0.4, 0.5) is 0 Å². The van der Waals surface area contributed by atoms with Gasteiger partial charge in [0.1, 0.15) is 11.4 Å². The number of nitrogens with two attached hydrogens (primary N) is 1. The molecule has 92 valence electrons. The van der Waals surface area contributed by atoms with E-state index in [1.807, 2.05) is 18.2 Å². The van der Waals surface area contributed by atoms with Crippen molar-refractivity contribution in [1.29, 1.82) is 0 Å². The van der Waals surface area contributed by atoms with Crippen LogP contribution < -0.4 is 10.5 Å². The van der Waals surface area contributed by atoms with Gasteiger partial charge in [-0.15, -0.1) is 0 Å². The number of fused-ring (bicyclic) bond motifs is 1. The maximum absolute atomic E-state index is 6.25. The van der Waals surface area contributed by atoms with Gasteiger partial charge in [0, 0.05) is 23.0 Å². The third-order valence-electron chi connectivity index (χ3n) is 3.80. The molecular formula is C14H18ClNO. The van der Waals surface area contributed by atoms with E-state index in [1.54, 1.807) is 0 Å². The van der Waals surface area contributed by atoms with Gasteiger partial charge in [-0.1, -0.05) is 24.4 Å². The minimum atomic E-state index is -0.0958. The van der Waals surface area contributed by atoms with Crippen molar-refractivity contribution in [2.75, 3.05) is 0 Å². The van der Waals surface area contributed by atoms with Crippen molar-refractivity contribution in [2.45, 2.75) is 44.2 Å². The van der Waals surface area contributed by atoms with Gasteiger partial charge in [-0.3, -0.25) is 0 Å². The number of benzene rings is 1. The van der Waals surface area contributed by atoms with E-state index in [0.29, 0.717) is 0 Å². The normalized spacial score (nSPS) is 31.8. The van der Waals surface area contributed by atoms with Crippen molar-refractivity contribution in [2.24, 2.45) is 11.7 Å². The molecule has 1 aliphatic carbocycles. The van der Waals surface area contributed by atoms with Crippen LogP contribution in [0, 0.1) is 5.92 Å². The summed E-state index contributed by atoms with van der Waals surface area (Å²) in [6.45, 7) is 2.18. The summed E-state index contributed by atoms with van der Waals surface area (Å²) in [7, 11) is 0. The third-order valence-corrected chi connectivity index (χ3v) is 4.03. The summed E-state index contributed by atoms with van der Waals surface area (Å²) in [5, 5.41) is 0.730. The number of hydrogen-bond acceptors (Lipinski definition) is 2. The van der Waals surface area contributed by atoms with E-state index >= 15 is 0 Å². The summed E-state index contributed by atoms with van der Waals surface area (Å²) in [6, 6.07) is 5.79. The Labute approximate surface area is 107 Å². The van der Waals surface area contributed by atoms with Gasteiger partial charge in [-0.05, 0) is 37.5 Å². The Hall–Kier alpha value is -0.730. The van der Waals surface area contributed by atoms with Gasteiger partial charge in [0.2, 0.25) is 0 Å². The average Bonchev–Trinajstić information content (AvgIpc) is 3.03. The zero-order valence-electron chi connectivity index (χ0n) is 10.1. The summed E-state index contributed by atoms with van der Waals surface area (Å²) in [6.07, 6.45) is 4.71. The number of rotatable bonds is 2. The van der Waals surface area contributed by atoms with Gasteiger partial charge < -0.3 is 10.5 Å². The molecule has 0 aromatic heterocycles. The molecule has 0 spiro atoms. The maximum Gasteiger partial charge on any atom is 0.125 e. The molecule has 2 nitrogen and oxygen atoms in total. The lowest BCUT2D eigenvalue weighted by atomic mass is 9.85. The Morgan fingerprint density at radius 1 is 1.47 bits per heavy atom. The Balaban J connectivity index is 1.88. The lowest BCUT2D eigenvalue weighted by Crippen LogP contribution is -2.40. The molecule has 1 aromatic rings. The van der Waals surface area contributed by atoms with Gasteiger partial charge in [-0.2, -0.15) is 0 Å². The summed E-state index contributed by atoms with van der Waals surface area (Å²) in [5.74, 6) is 1.76. The zero-order valence-corrected chi connectivity index (χ0v) is 10.8. The van der Waals surface area contributed by atoms with E-state index in [0.717, 1.165) is 35.1 Å². The fourth-order valence-corrected chi connectivity index (χ4v) is 3.02. The van der Waals surface area contributed by atoms with Gasteiger partial charge in [0.05, 0.1) is 0 Å². The van der Waals surface area contributed by atoms with Crippen molar-refractivity contribution < 1.29 is 4.74 Å². The quantitative estimate of drug-likeness (QED) is 0.870. The van der Waals surface area contributed by atoms with Crippen molar-refractivity contribution >= 4 is 11.6 Å². The first-order valence-corrected chi connectivity index (χ1v) is 6.68. The predicted molar refractivity (Wildman–Crippen MR) is 69.4 cm³/mol. The van der Waals surface area contributed by atoms with Gasteiger partial charge >= 0.3 is 0 Å². The van der Waals surface area contributed by atoms with E-state index in [9.17, 15) is 0 Å². The highest BCUT2D eigenvalue weighted by Gasteiger charge is 2.40. The third kappa shape index (κ3) is 2.29. The fourth-order valence-electron chi connectivity index (χ4n) is 2.84. The highest BCUT2D eigenvalue weighted by molar-refractivity contribution is 6.30. The molecule has 1 saturated carbocycles. The Morgan fingerprint density at radius 3 is 2.94 bits per heavy atom. The summed E-state index contributed by atoms with van der Waals surface area (Å²) in [4.78, 5) is 0. The van der Waals surface area contributed by atoms with Crippen LogP contribution in [0.5, 0.6) is 5.75 Å². The van der Waals surface area contributed by atoms with Crippen LogP contribution in [0.2, 0.25) is 5.02 Å². The van der Waals surface area contributed by atoms with Crippen molar-refractivity contribution in [1.82, 2.24) is 0 Å². The summed E-state index contributed by atoms with van der Waals surface area (Å²) >= 11 is 6.00. The van der Waals surface area contributed by atoms with Crippen molar-refractivity contribution in [3.63, 3.8) is 0 Å². The Kier molecular flexibility index (Phi) is 2.60. The smallest absolute Gasteiger partial charge is 0.125 e. The van der Waals surface area contributed by atoms with E-state index in [2.05, 4.69) is 6.92 Å². The second-order valence-corrected chi connectivity index (χ2v) is 6.13. The minimum Gasteiger partial charge on any atom is -0.487 e. The molecule has 17 heavy (non-hydrogen) atoms. The molecule has 0 saturated heterocycles. The molecule has 1 aromatic carbocycles. The second kappa shape index (κ2) is 3.89. The van der Waals surface area contributed by atoms with Gasteiger partial charge in [-0.25, -0.2) is 0 Å². The summed E-state index contributed by atoms with van der Waals surface area (Å²) in [5.41, 5.74) is 7.20. The molecule has 1 fully saturated rings. The highest BCUT2D eigenvalue weighted by atomic mass is 35.5. The van der Waals surface area contributed by atoms with Gasteiger partial charge in [0.25, 0.3) is 0 Å². The van der Waals surface area contributed by atoms with E-state index in [1.165, 1.54) is 12.8 Å². The molecule has 1 unspecified atom stereocenters. The minimum absolute atomic E-state index is 0.0428. The van der Waals surface area contributed by atoms with E-state index < -0.39 is 0 Å². The zero-order chi connectivity index (χ0) is 12.0. The predicted octanol–water partition coefficient (Wildman–Crippen LogP) is 3.68. The molecule has 3 heteroatoms. The molecular weight excluding hydrogens is 234 g/mol. The molecule has 2 aliphatic rings. The van der Waals surface area contributed by atoms with Crippen LogP contribution in [0.1, 0.15) is 44.2 Å². The molecule has 0 radical (unpaired) electrons. The van der Waals surface area contributed by atoms with Crippen LogP contribution >= 0.6 is 11.6 Å². The largest absolute Gasteiger partial charge is 0.487 e. The molecule has 0 bridgehead atoms. The topological polar surface area (TPSA) is 35.2 Å². The first-order valence-electron chi connectivity index (χ1n) is 6.30. The van der Waals surface area contributed by atoms with E-state index in [-0.39, 0.29) is 11.6 Å². The first-order chi connectivity index (χ1) is 8.06. The second-order valence-electron chi connectivity index (χ2n) is 5.69. The first kappa shape index (κ1) is 11.4. The number of hydrogen-bond donors (Lipinski definition) is 1. The molecule has 0 amide bonds. The van der Waals surface area contributed by atoms with E-state index in [4.69, 9.17) is 22.1 Å². The number of ether oxygens (including phenoxy) is 1. The molecule has 1 aliphatic heterocycles. The van der Waals surface area contributed by atoms with Crippen molar-refractivity contribution in [3.8, 4) is 5.75 Å². The lowest BCUT2D eigenvalue weighted by molar-refractivity contribution is 0.0402. The fraction of sp³-hybridized carbons (Fsp3) is 0.571. The lowest BCUT2D eigenvalue weighted by Gasteiger charge is -2.39. The molecule has 1 heterocycles. The van der Waals surface area contributed by atoms with Crippen molar-refractivity contribution in [3.05, 3.63) is 28.8 Å². The molecule has 2 atom stereocenters. The number of halogens is 1. The van der Waals surface area contributed by atoms with Crippen LogP contribution in [-0.4, -0.2) is 5.60 Å². The van der Waals surface area contributed by atoms with Crippen LogP contribution in [-0.2, 0) is 0 Å². The Bertz CT molecular complexity index is 444. The summed E-state index contributed by atoms with van der Waals surface area (Å²) < 4.78 is 6.16. The molecule has 2 N–H and O–H groups in total. The highest BCUT2D eigenvalue weighted by Crippen LogP contribution is 2.46. The van der Waals surface area contributed by atoms with Crippen LogP contribution in [0.15, 0.2) is 18.2 Å². The maximum atomic E-state index is 6.25. The average molecular weight is 252 g/mol. The SMILES string of the molecule is CC1(CC2CC2)C[C@H](N)c2cc(Cl)ccc2O1. The monoisotopic (exact) mass is 251 g/mol. The van der Waals surface area contributed by atoms with Crippen LogP contribution in [0.3, 0.4) is 0 Å². The Morgan fingerprint density at radius 2 is 2.24 bits per heavy atom. The standard InChI is InChI=1S/C14H18ClNO/c1-14(7-9-2-3-9)8-12(16)11-6-10(15)4-5-13(11)17-14/h4-6,9,12H,2-3,7-8,16H2,1H3/t12-,14?/m0/s1. The van der Waals surface area contributed by atoms with Gasteiger partial charge in [0.15, 0.2) is 0 Å². The molecule has 3 rings (SSSR count). The van der Waals surface area contributed by atoms with Crippen LogP contribution in [0.25, 0.3) is 0 Å².